The first-order valence-electron chi connectivity index (χ1n) is 5.85. The summed E-state index contributed by atoms with van der Waals surface area (Å²) in [6.07, 6.45) is 9.00. The highest BCUT2D eigenvalue weighted by Gasteiger charge is 2.20. The molecule has 1 heterocycles. The Bertz CT molecular complexity index is 286. The molecule has 0 aliphatic heterocycles. The van der Waals surface area contributed by atoms with E-state index in [0.29, 0.717) is 6.04 Å². The minimum absolute atomic E-state index is 0.655. The van der Waals surface area contributed by atoms with Gasteiger partial charge < -0.3 is 5.32 Å². The van der Waals surface area contributed by atoms with E-state index >= 15 is 0 Å². The number of aromatic nitrogens is 2. The van der Waals surface area contributed by atoms with Gasteiger partial charge >= 0.3 is 0 Å². The Morgan fingerprint density at radius 2 is 2.00 bits per heavy atom. The molecule has 2 atom stereocenters. The van der Waals surface area contributed by atoms with E-state index in [4.69, 9.17) is 0 Å². The third-order valence-corrected chi connectivity index (χ3v) is 3.25. The average Bonchev–Trinajstić information content (AvgIpc) is 2.29. The molecule has 15 heavy (non-hydrogen) atoms. The van der Waals surface area contributed by atoms with Crippen molar-refractivity contribution in [2.24, 2.45) is 5.92 Å². The van der Waals surface area contributed by atoms with Gasteiger partial charge in [-0.25, -0.2) is 9.97 Å². The topological polar surface area (TPSA) is 37.8 Å². The van der Waals surface area contributed by atoms with Crippen LogP contribution in [0.5, 0.6) is 0 Å². The predicted octanol–water partition coefficient (Wildman–Crippen LogP) is 2.14. The van der Waals surface area contributed by atoms with Crippen LogP contribution < -0.4 is 5.32 Å². The minimum Gasteiger partial charge on any atom is -0.307 e. The van der Waals surface area contributed by atoms with Crippen molar-refractivity contribution in [2.75, 3.05) is 0 Å². The molecule has 0 aromatic carbocycles. The number of hydrogen-bond acceptors (Lipinski definition) is 3. The van der Waals surface area contributed by atoms with Crippen LogP contribution in [0.25, 0.3) is 0 Å². The molecule has 2 rings (SSSR count). The standard InChI is InChI=1S/C12H19N3/c1-10-5-2-3-6-11(10)15-9-12-13-7-4-8-14-12/h4,7-8,10-11,15H,2-3,5-6,9H2,1H3. The van der Waals surface area contributed by atoms with E-state index in [9.17, 15) is 0 Å². The molecule has 3 heteroatoms. The molecule has 0 saturated heterocycles. The summed E-state index contributed by atoms with van der Waals surface area (Å²) in [5, 5.41) is 3.56. The van der Waals surface area contributed by atoms with Gasteiger partial charge in [0, 0.05) is 18.4 Å². The Kier molecular flexibility index (Phi) is 3.67. The van der Waals surface area contributed by atoms with Gasteiger partial charge in [-0.15, -0.1) is 0 Å². The van der Waals surface area contributed by atoms with Gasteiger partial charge in [0.25, 0.3) is 0 Å². The Morgan fingerprint density at radius 1 is 1.27 bits per heavy atom. The number of nitrogens with one attached hydrogen (secondary N) is 1. The van der Waals surface area contributed by atoms with Crippen LogP contribution >= 0.6 is 0 Å². The lowest BCUT2D eigenvalue weighted by Crippen LogP contribution is -2.37. The highest BCUT2D eigenvalue weighted by molar-refractivity contribution is 4.89. The van der Waals surface area contributed by atoms with Crippen molar-refractivity contribution in [3.05, 3.63) is 24.3 Å². The molecule has 1 aliphatic carbocycles. The Balaban J connectivity index is 1.82. The first-order valence-corrected chi connectivity index (χ1v) is 5.85. The SMILES string of the molecule is CC1CCCCC1NCc1ncccn1. The molecule has 3 nitrogen and oxygen atoms in total. The largest absolute Gasteiger partial charge is 0.307 e. The molecule has 2 unspecified atom stereocenters. The second-order valence-corrected chi connectivity index (χ2v) is 4.41. The second kappa shape index (κ2) is 5.21. The van der Waals surface area contributed by atoms with Gasteiger partial charge in [0.05, 0.1) is 6.54 Å². The summed E-state index contributed by atoms with van der Waals surface area (Å²) in [4.78, 5) is 8.43. The molecule has 1 aromatic rings. The molecule has 0 spiro atoms. The van der Waals surface area contributed by atoms with E-state index in [-0.39, 0.29) is 0 Å². The van der Waals surface area contributed by atoms with Crippen LogP contribution in [-0.4, -0.2) is 16.0 Å². The Labute approximate surface area is 91.3 Å². The predicted molar refractivity (Wildman–Crippen MR) is 60.3 cm³/mol. The molecular weight excluding hydrogens is 186 g/mol. The first-order chi connectivity index (χ1) is 7.36. The van der Waals surface area contributed by atoms with Gasteiger partial charge in [-0.1, -0.05) is 19.8 Å². The third-order valence-electron chi connectivity index (χ3n) is 3.25. The third kappa shape index (κ3) is 2.99. The van der Waals surface area contributed by atoms with Crippen molar-refractivity contribution in [3.8, 4) is 0 Å². The van der Waals surface area contributed by atoms with Crippen molar-refractivity contribution in [2.45, 2.75) is 45.2 Å². The van der Waals surface area contributed by atoms with Gasteiger partial charge in [0.1, 0.15) is 5.82 Å². The van der Waals surface area contributed by atoms with E-state index < -0.39 is 0 Å². The molecule has 1 fully saturated rings. The smallest absolute Gasteiger partial charge is 0.141 e. The Morgan fingerprint density at radius 3 is 2.73 bits per heavy atom. The maximum Gasteiger partial charge on any atom is 0.141 e. The number of rotatable bonds is 3. The lowest BCUT2D eigenvalue weighted by atomic mass is 9.86. The fourth-order valence-corrected chi connectivity index (χ4v) is 2.26. The first kappa shape index (κ1) is 10.6. The normalized spacial score (nSPS) is 26.5. The van der Waals surface area contributed by atoms with Gasteiger partial charge in [-0.2, -0.15) is 0 Å². The summed E-state index contributed by atoms with van der Waals surface area (Å²) in [5.41, 5.74) is 0. The van der Waals surface area contributed by atoms with Crippen molar-refractivity contribution in [1.82, 2.24) is 15.3 Å². The van der Waals surface area contributed by atoms with Crippen molar-refractivity contribution >= 4 is 0 Å². The zero-order chi connectivity index (χ0) is 10.5. The molecule has 0 amide bonds. The second-order valence-electron chi connectivity index (χ2n) is 4.41. The molecule has 1 aromatic heterocycles. The molecule has 1 saturated carbocycles. The van der Waals surface area contributed by atoms with Gasteiger partial charge in [0.2, 0.25) is 0 Å². The van der Waals surface area contributed by atoms with Crippen molar-refractivity contribution in [3.63, 3.8) is 0 Å². The summed E-state index contributed by atoms with van der Waals surface area (Å²) in [6, 6.07) is 2.51. The summed E-state index contributed by atoms with van der Waals surface area (Å²) < 4.78 is 0. The fraction of sp³-hybridized carbons (Fsp3) is 0.667. The number of hydrogen-bond donors (Lipinski definition) is 1. The van der Waals surface area contributed by atoms with Gasteiger partial charge in [-0.05, 0) is 24.8 Å². The summed E-state index contributed by atoms with van der Waals surface area (Å²) in [7, 11) is 0. The van der Waals surface area contributed by atoms with E-state index in [1.807, 2.05) is 6.07 Å². The van der Waals surface area contributed by atoms with Crippen LogP contribution in [0.15, 0.2) is 18.5 Å². The zero-order valence-corrected chi connectivity index (χ0v) is 9.32. The zero-order valence-electron chi connectivity index (χ0n) is 9.32. The molecule has 1 N–H and O–H groups in total. The van der Waals surface area contributed by atoms with E-state index in [1.54, 1.807) is 12.4 Å². The average molecular weight is 205 g/mol. The van der Waals surface area contributed by atoms with Crippen molar-refractivity contribution < 1.29 is 0 Å². The molecule has 1 aliphatic rings. The lowest BCUT2D eigenvalue weighted by Gasteiger charge is -2.29. The van der Waals surface area contributed by atoms with Crippen LogP contribution in [0.1, 0.15) is 38.4 Å². The quantitative estimate of drug-likeness (QED) is 0.821. The van der Waals surface area contributed by atoms with Gasteiger partial charge in [-0.3, -0.25) is 0 Å². The maximum absolute atomic E-state index is 4.21. The summed E-state index contributed by atoms with van der Waals surface area (Å²) in [5.74, 6) is 1.69. The summed E-state index contributed by atoms with van der Waals surface area (Å²) in [6.45, 7) is 3.14. The van der Waals surface area contributed by atoms with Crippen LogP contribution in [-0.2, 0) is 6.54 Å². The highest BCUT2D eigenvalue weighted by Crippen LogP contribution is 2.23. The lowest BCUT2D eigenvalue weighted by molar-refractivity contribution is 0.278. The minimum atomic E-state index is 0.655. The molecule has 82 valence electrons. The molecule has 0 bridgehead atoms. The van der Waals surface area contributed by atoms with Crippen LogP contribution in [0.4, 0.5) is 0 Å². The van der Waals surface area contributed by atoms with Crippen LogP contribution in [0.2, 0.25) is 0 Å². The van der Waals surface area contributed by atoms with Crippen molar-refractivity contribution in [1.29, 1.82) is 0 Å². The van der Waals surface area contributed by atoms with E-state index in [0.717, 1.165) is 18.3 Å². The fourth-order valence-electron chi connectivity index (χ4n) is 2.26. The highest BCUT2D eigenvalue weighted by atomic mass is 15.0. The Hall–Kier alpha value is -0.960. The molecular formula is C12H19N3. The van der Waals surface area contributed by atoms with Crippen LogP contribution in [0.3, 0.4) is 0 Å². The molecule has 0 radical (unpaired) electrons. The van der Waals surface area contributed by atoms with Crippen LogP contribution in [0, 0.1) is 5.92 Å². The maximum atomic E-state index is 4.21. The van der Waals surface area contributed by atoms with Gasteiger partial charge in [0.15, 0.2) is 0 Å². The monoisotopic (exact) mass is 205 g/mol. The number of nitrogens with zero attached hydrogens (tertiary/aromatic N) is 2. The summed E-state index contributed by atoms with van der Waals surface area (Å²) >= 11 is 0. The van der Waals surface area contributed by atoms with E-state index in [2.05, 4.69) is 22.2 Å². The van der Waals surface area contributed by atoms with E-state index in [1.165, 1.54) is 25.7 Å².